The van der Waals surface area contributed by atoms with Crippen molar-refractivity contribution in [3.63, 3.8) is 0 Å². The first kappa shape index (κ1) is 19.7. The number of hydrogen-bond acceptors (Lipinski definition) is 6. The molecule has 140 valence electrons. The molecule has 1 N–H and O–H groups in total. The van der Waals surface area contributed by atoms with Gasteiger partial charge in [-0.25, -0.2) is 4.63 Å². The Bertz CT molecular complexity index is 608. The number of carbonyl (C=O) groups excluding carboxylic acids is 2. The summed E-state index contributed by atoms with van der Waals surface area (Å²) in [5, 5.41) is 10.6. The Hall–Kier alpha value is -1.67. The van der Waals surface area contributed by atoms with E-state index in [1.807, 2.05) is 16.8 Å². The van der Waals surface area contributed by atoms with Gasteiger partial charge in [0.15, 0.2) is 0 Å². The summed E-state index contributed by atoms with van der Waals surface area (Å²) in [6.07, 6.45) is 2.53. The van der Waals surface area contributed by atoms with E-state index in [4.69, 9.17) is 0 Å². The van der Waals surface area contributed by atoms with Crippen molar-refractivity contribution < 1.29 is 14.2 Å². The molecule has 0 aliphatic carbocycles. The minimum absolute atomic E-state index is 0. The Labute approximate surface area is 153 Å². The Kier molecular flexibility index (Phi) is 6.78. The minimum Gasteiger partial charge on any atom is -0.342 e. The van der Waals surface area contributed by atoms with Gasteiger partial charge >= 0.3 is 0 Å². The van der Waals surface area contributed by atoms with Gasteiger partial charge in [-0.2, -0.15) is 0 Å². The quantitative estimate of drug-likeness (QED) is 0.805. The lowest BCUT2D eigenvalue weighted by atomic mass is 9.83. The molecule has 1 aromatic rings. The number of aryl methyl sites for hydroxylation is 1. The van der Waals surface area contributed by atoms with Crippen molar-refractivity contribution in [2.45, 2.75) is 38.6 Å². The summed E-state index contributed by atoms with van der Waals surface area (Å²) < 4.78 is 4.66. The fourth-order valence-electron chi connectivity index (χ4n) is 3.77. The molecule has 0 bridgehead atoms. The number of likely N-dealkylation sites (N-methyl/N-ethyl adjacent to an activating group) is 1. The second kappa shape index (κ2) is 8.62. The molecule has 3 heterocycles. The van der Waals surface area contributed by atoms with Crippen LogP contribution in [0.4, 0.5) is 0 Å². The molecule has 25 heavy (non-hydrogen) atoms. The normalized spacial score (nSPS) is 23.2. The van der Waals surface area contributed by atoms with Crippen LogP contribution < -0.4 is 5.32 Å². The van der Waals surface area contributed by atoms with Crippen molar-refractivity contribution in [2.75, 3.05) is 33.2 Å². The van der Waals surface area contributed by atoms with Crippen LogP contribution in [0.15, 0.2) is 4.63 Å². The summed E-state index contributed by atoms with van der Waals surface area (Å²) in [5.74, 6) is 0.676. The number of nitrogens with one attached hydrogen (secondary N) is 1. The monoisotopic (exact) mass is 371 g/mol. The van der Waals surface area contributed by atoms with Crippen molar-refractivity contribution in [3.8, 4) is 0 Å². The molecule has 0 spiro atoms. The van der Waals surface area contributed by atoms with Gasteiger partial charge in [0.1, 0.15) is 11.4 Å². The standard InChI is InChI=1S/C16H25N5O3.ClH/c1-11-13(19-24-18-11)9-16(23)20-7-5-14-12(10-20)3-4-15(22)21(14)8-6-17-2;/h12,14,17H,3-10H2,1-2H3;1H/t12-,14+;/m0./s1. The van der Waals surface area contributed by atoms with Crippen LogP contribution >= 0.6 is 12.4 Å². The van der Waals surface area contributed by atoms with Gasteiger partial charge in [-0.15, -0.1) is 12.4 Å². The fraction of sp³-hybridized carbons (Fsp3) is 0.750. The summed E-state index contributed by atoms with van der Waals surface area (Å²) in [6, 6.07) is 0.263. The first-order valence-corrected chi connectivity index (χ1v) is 8.60. The van der Waals surface area contributed by atoms with Crippen LogP contribution in [0.2, 0.25) is 0 Å². The topological polar surface area (TPSA) is 91.6 Å². The van der Waals surface area contributed by atoms with Crippen LogP contribution in [0.25, 0.3) is 0 Å². The van der Waals surface area contributed by atoms with E-state index in [0.717, 1.165) is 32.5 Å². The number of piperidine rings is 2. The molecule has 2 amide bonds. The molecule has 8 nitrogen and oxygen atoms in total. The van der Waals surface area contributed by atoms with E-state index < -0.39 is 0 Å². The summed E-state index contributed by atoms with van der Waals surface area (Å²) in [4.78, 5) is 28.7. The predicted molar refractivity (Wildman–Crippen MR) is 93.3 cm³/mol. The molecule has 3 rings (SSSR count). The summed E-state index contributed by atoms with van der Waals surface area (Å²) in [7, 11) is 1.90. The number of hydrogen-bond donors (Lipinski definition) is 1. The largest absolute Gasteiger partial charge is 0.342 e. The number of halogens is 1. The van der Waals surface area contributed by atoms with Gasteiger partial charge in [0.05, 0.1) is 6.42 Å². The zero-order valence-corrected chi connectivity index (χ0v) is 15.5. The van der Waals surface area contributed by atoms with E-state index in [0.29, 0.717) is 30.3 Å². The molecule has 2 aliphatic heterocycles. The number of rotatable bonds is 5. The number of nitrogens with zero attached hydrogens (tertiary/aromatic N) is 4. The Morgan fingerprint density at radius 2 is 2.16 bits per heavy atom. The van der Waals surface area contributed by atoms with Crippen LogP contribution in [0, 0.1) is 12.8 Å². The van der Waals surface area contributed by atoms with E-state index in [1.54, 1.807) is 6.92 Å². The molecule has 2 saturated heterocycles. The van der Waals surface area contributed by atoms with E-state index in [2.05, 4.69) is 20.3 Å². The van der Waals surface area contributed by atoms with E-state index in [-0.39, 0.29) is 36.7 Å². The smallest absolute Gasteiger partial charge is 0.228 e. The highest BCUT2D eigenvalue weighted by atomic mass is 35.5. The molecular weight excluding hydrogens is 346 g/mol. The van der Waals surface area contributed by atoms with Crippen LogP contribution in [0.5, 0.6) is 0 Å². The van der Waals surface area contributed by atoms with Crippen molar-refractivity contribution in [3.05, 3.63) is 11.4 Å². The molecule has 0 unspecified atom stereocenters. The molecule has 2 aliphatic rings. The lowest BCUT2D eigenvalue weighted by Gasteiger charge is -2.47. The highest BCUT2D eigenvalue weighted by Crippen LogP contribution is 2.31. The van der Waals surface area contributed by atoms with Crippen LogP contribution in [0.1, 0.15) is 30.7 Å². The third-order valence-corrected chi connectivity index (χ3v) is 5.16. The average Bonchev–Trinajstić information content (AvgIpc) is 2.98. The SMILES string of the molecule is CNCCN1C(=O)CC[C@H]2CN(C(=O)Cc3nonc3C)CC[C@H]21.Cl. The third-order valence-electron chi connectivity index (χ3n) is 5.16. The third kappa shape index (κ3) is 4.30. The second-order valence-corrected chi connectivity index (χ2v) is 6.66. The maximum atomic E-state index is 12.5. The number of amides is 2. The van der Waals surface area contributed by atoms with Gasteiger partial charge in [-0.05, 0) is 32.7 Å². The van der Waals surface area contributed by atoms with E-state index in [1.165, 1.54) is 0 Å². The maximum absolute atomic E-state index is 12.5. The van der Waals surface area contributed by atoms with E-state index in [9.17, 15) is 9.59 Å². The molecule has 0 saturated carbocycles. The van der Waals surface area contributed by atoms with Gasteiger partial charge in [-0.1, -0.05) is 10.3 Å². The predicted octanol–water partition coefficient (Wildman–Crippen LogP) is 0.401. The molecule has 0 radical (unpaired) electrons. The van der Waals surface area contributed by atoms with Crippen LogP contribution in [-0.2, 0) is 16.0 Å². The number of fused-ring (bicyclic) bond motifs is 1. The number of likely N-dealkylation sites (tertiary alicyclic amines) is 2. The molecule has 9 heteroatoms. The average molecular weight is 372 g/mol. The highest BCUT2D eigenvalue weighted by molar-refractivity contribution is 5.85. The van der Waals surface area contributed by atoms with Crippen molar-refractivity contribution in [1.29, 1.82) is 0 Å². The number of carbonyl (C=O) groups is 2. The molecule has 2 atom stereocenters. The van der Waals surface area contributed by atoms with Gasteiger partial charge in [0, 0.05) is 38.6 Å². The molecule has 2 fully saturated rings. The minimum atomic E-state index is 0. The number of aromatic nitrogens is 2. The Morgan fingerprint density at radius 1 is 1.36 bits per heavy atom. The van der Waals surface area contributed by atoms with E-state index >= 15 is 0 Å². The summed E-state index contributed by atoms with van der Waals surface area (Å²) in [5.41, 5.74) is 1.27. The van der Waals surface area contributed by atoms with Crippen molar-refractivity contribution >= 4 is 24.2 Å². The van der Waals surface area contributed by atoms with Gasteiger partial charge in [-0.3, -0.25) is 9.59 Å². The second-order valence-electron chi connectivity index (χ2n) is 6.66. The molecular formula is C16H26ClN5O3. The van der Waals surface area contributed by atoms with Crippen LogP contribution in [-0.4, -0.2) is 71.2 Å². The maximum Gasteiger partial charge on any atom is 0.228 e. The Morgan fingerprint density at radius 3 is 2.84 bits per heavy atom. The molecule has 0 aromatic carbocycles. The lowest BCUT2D eigenvalue weighted by Crippen LogP contribution is -2.58. The van der Waals surface area contributed by atoms with Gasteiger partial charge in [0.25, 0.3) is 0 Å². The van der Waals surface area contributed by atoms with Crippen molar-refractivity contribution in [2.24, 2.45) is 5.92 Å². The Balaban J connectivity index is 0.00000225. The first-order valence-electron chi connectivity index (χ1n) is 8.60. The zero-order chi connectivity index (χ0) is 17.1. The van der Waals surface area contributed by atoms with Crippen LogP contribution in [0.3, 0.4) is 0 Å². The zero-order valence-electron chi connectivity index (χ0n) is 14.7. The highest BCUT2D eigenvalue weighted by Gasteiger charge is 2.40. The molecule has 1 aromatic heterocycles. The first-order chi connectivity index (χ1) is 11.6. The van der Waals surface area contributed by atoms with Gasteiger partial charge in [0.2, 0.25) is 11.8 Å². The van der Waals surface area contributed by atoms with Gasteiger partial charge < -0.3 is 15.1 Å². The lowest BCUT2D eigenvalue weighted by molar-refractivity contribution is -0.143. The van der Waals surface area contributed by atoms with Crippen molar-refractivity contribution in [1.82, 2.24) is 25.4 Å². The fourth-order valence-corrected chi connectivity index (χ4v) is 3.77. The summed E-state index contributed by atoms with van der Waals surface area (Å²) >= 11 is 0. The summed E-state index contributed by atoms with van der Waals surface area (Å²) in [6.45, 7) is 4.74.